The van der Waals surface area contributed by atoms with Crippen molar-refractivity contribution >= 4 is 11.6 Å². The fourth-order valence-corrected chi connectivity index (χ4v) is 2.12. The maximum absolute atomic E-state index is 6.23. The molecule has 2 aromatic rings. The summed E-state index contributed by atoms with van der Waals surface area (Å²) in [5.74, 6) is 1.46. The highest BCUT2D eigenvalue weighted by Crippen LogP contribution is 2.31. The highest BCUT2D eigenvalue weighted by molar-refractivity contribution is 6.32. The fourth-order valence-electron chi connectivity index (χ4n) is 1.90. The lowest BCUT2D eigenvalue weighted by Gasteiger charge is -2.12. The molecule has 0 aliphatic rings. The maximum atomic E-state index is 6.23. The van der Waals surface area contributed by atoms with E-state index in [9.17, 15) is 0 Å². The van der Waals surface area contributed by atoms with Crippen molar-refractivity contribution in [2.45, 2.75) is 33.4 Å². The predicted octanol–water partition coefficient (Wildman–Crippen LogP) is 3.28. The van der Waals surface area contributed by atoms with E-state index in [1.54, 1.807) is 0 Å². The first-order chi connectivity index (χ1) is 9.01. The molecule has 1 aromatic heterocycles. The van der Waals surface area contributed by atoms with Crippen molar-refractivity contribution in [2.75, 3.05) is 0 Å². The van der Waals surface area contributed by atoms with Gasteiger partial charge >= 0.3 is 0 Å². The number of aromatic amines is 1. The number of rotatable bonds is 4. The molecule has 1 aromatic carbocycles. The summed E-state index contributed by atoms with van der Waals surface area (Å²) < 4.78 is 5.61. The lowest BCUT2D eigenvalue weighted by Crippen LogP contribution is -2.05. The van der Waals surface area contributed by atoms with Crippen LogP contribution >= 0.6 is 11.6 Å². The molecule has 0 saturated heterocycles. The molecule has 0 aliphatic heterocycles. The Bertz CT molecular complexity index is 578. The zero-order valence-corrected chi connectivity index (χ0v) is 12.1. The van der Waals surface area contributed by atoms with Gasteiger partial charge in [0.25, 0.3) is 0 Å². The van der Waals surface area contributed by atoms with Crippen LogP contribution in [0.5, 0.6) is 5.75 Å². The molecular weight excluding hydrogens is 262 g/mol. The van der Waals surface area contributed by atoms with Crippen molar-refractivity contribution in [3.8, 4) is 17.0 Å². The number of hydrogen-bond donors (Lipinski definition) is 2. The molecule has 0 radical (unpaired) electrons. The number of H-pyrrole nitrogens is 1. The van der Waals surface area contributed by atoms with Gasteiger partial charge in [-0.15, -0.1) is 0 Å². The number of aryl methyl sites for hydroxylation is 1. The van der Waals surface area contributed by atoms with Gasteiger partial charge in [0.15, 0.2) is 0 Å². The van der Waals surface area contributed by atoms with Crippen LogP contribution in [0.25, 0.3) is 11.3 Å². The first-order valence-electron chi connectivity index (χ1n) is 6.23. The van der Waals surface area contributed by atoms with Crippen LogP contribution in [0.4, 0.5) is 0 Å². The summed E-state index contributed by atoms with van der Waals surface area (Å²) in [7, 11) is 0. The van der Waals surface area contributed by atoms with Gasteiger partial charge in [0.05, 0.1) is 23.4 Å². The molecule has 0 fully saturated rings. The minimum absolute atomic E-state index is 0.0966. The van der Waals surface area contributed by atoms with Gasteiger partial charge in [-0.05, 0) is 39.0 Å². The Kier molecular flexibility index (Phi) is 4.12. The number of nitrogens with two attached hydrogens (primary N) is 1. The van der Waals surface area contributed by atoms with E-state index < -0.39 is 0 Å². The van der Waals surface area contributed by atoms with Crippen molar-refractivity contribution in [1.82, 2.24) is 9.97 Å². The SMILES string of the molecule is Cc1[nH]c(CN)nc1-c1ccc(OC(C)C)c(Cl)c1. The lowest BCUT2D eigenvalue weighted by atomic mass is 10.1. The molecule has 0 atom stereocenters. The van der Waals surface area contributed by atoms with Crippen molar-refractivity contribution in [3.05, 3.63) is 34.7 Å². The van der Waals surface area contributed by atoms with Gasteiger partial charge in [0, 0.05) is 11.3 Å². The zero-order chi connectivity index (χ0) is 14.0. The monoisotopic (exact) mass is 279 g/mol. The van der Waals surface area contributed by atoms with Gasteiger partial charge in [0.2, 0.25) is 0 Å². The van der Waals surface area contributed by atoms with Crippen LogP contribution < -0.4 is 10.5 Å². The van der Waals surface area contributed by atoms with E-state index in [1.165, 1.54) is 0 Å². The second-order valence-electron chi connectivity index (χ2n) is 4.67. The molecule has 102 valence electrons. The average Bonchev–Trinajstić information content (AvgIpc) is 2.73. The Morgan fingerprint density at radius 3 is 2.68 bits per heavy atom. The van der Waals surface area contributed by atoms with E-state index in [4.69, 9.17) is 22.1 Å². The first-order valence-corrected chi connectivity index (χ1v) is 6.61. The van der Waals surface area contributed by atoms with Crippen LogP contribution in [-0.2, 0) is 6.54 Å². The summed E-state index contributed by atoms with van der Waals surface area (Å²) in [4.78, 5) is 7.60. The molecule has 0 spiro atoms. The Balaban J connectivity index is 2.35. The maximum Gasteiger partial charge on any atom is 0.138 e. The Morgan fingerprint density at radius 1 is 1.42 bits per heavy atom. The molecule has 4 nitrogen and oxygen atoms in total. The van der Waals surface area contributed by atoms with Crippen LogP contribution in [0.3, 0.4) is 0 Å². The number of halogens is 1. The summed E-state index contributed by atoms with van der Waals surface area (Å²) in [6.45, 7) is 6.29. The second kappa shape index (κ2) is 5.63. The van der Waals surface area contributed by atoms with E-state index in [0.29, 0.717) is 17.3 Å². The molecule has 0 bridgehead atoms. The van der Waals surface area contributed by atoms with Crippen LogP contribution in [0.2, 0.25) is 5.02 Å². The van der Waals surface area contributed by atoms with E-state index in [0.717, 1.165) is 22.8 Å². The average molecular weight is 280 g/mol. The highest BCUT2D eigenvalue weighted by Gasteiger charge is 2.11. The molecule has 0 aliphatic carbocycles. The van der Waals surface area contributed by atoms with Crippen molar-refractivity contribution in [1.29, 1.82) is 0 Å². The van der Waals surface area contributed by atoms with E-state index in [1.807, 2.05) is 39.0 Å². The number of nitrogens with zero attached hydrogens (tertiary/aromatic N) is 1. The minimum Gasteiger partial charge on any atom is -0.489 e. The molecule has 0 unspecified atom stereocenters. The molecular formula is C14H18ClN3O. The fraction of sp³-hybridized carbons (Fsp3) is 0.357. The number of aromatic nitrogens is 2. The third-order valence-corrected chi connectivity index (χ3v) is 2.99. The van der Waals surface area contributed by atoms with Gasteiger partial charge in [-0.25, -0.2) is 4.98 Å². The summed E-state index contributed by atoms with van der Waals surface area (Å²) >= 11 is 6.23. The van der Waals surface area contributed by atoms with E-state index >= 15 is 0 Å². The normalized spacial score (nSPS) is 11.1. The van der Waals surface area contributed by atoms with Crippen molar-refractivity contribution in [2.24, 2.45) is 5.73 Å². The van der Waals surface area contributed by atoms with Crippen LogP contribution in [0.15, 0.2) is 18.2 Å². The topological polar surface area (TPSA) is 63.9 Å². The molecule has 19 heavy (non-hydrogen) atoms. The molecule has 3 N–H and O–H groups in total. The van der Waals surface area contributed by atoms with Crippen LogP contribution in [0.1, 0.15) is 25.4 Å². The Morgan fingerprint density at radius 2 is 2.16 bits per heavy atom. The minimum atomic E-state index is 0.0966. The van der Waals surface area contributed by atoms with E-state index in [2.05, 4.69) is 9.97 Å². The quantitative estimate of drug-likeness (QED) is 0.903. The molecule has 0 saturated carbocycles. The van der Waals surface area contributed by atoms with Crippen LogP contribution in [0, 0.1) is 6.92 Å². The number of hydrogen-bond acceptors (Lipinski definition) is 3. The molecule has 1 heterocycles. The van der Waals surface area contributed by atoms with Gasteiger partial charge in [-0.1, -0.05) is 11.6 Å². The van der Waals surface area contributed by atoms with Gasteiger partial charge in [-0.2, -0.15) is 0 Å². The lowest BCUT2D eigenvalue weighted by molar-refractivity contribution is 0.242. The number of benzene rings is 1. The zero-order valence-electron chi connectivity index (χ0n) is 11.3. The molecule has 0 amide bonds. The second-order valence-corrected chi connectivity index (χ2v) is 5.08. The van der Waals surface area contributed by atoms with Gasteiger partial charge < -0.3 is 15.5 Å². The first kappa shape index (κ1) is 13.9. The largest absolute Gasteiger partial charge is 0.489 e. The summed E-state index contributed by atoms with van der Waals surface area (Å²) in [5.41, 5.74) is 8.39. The third-order valence-electron chi connectivity index (χ3n) is 2.70. The molecule has 5 heteroatoms. The number of nitrogens with one attached hydrogen (secondary N) is 1. The van der Waals surface area contributed by atoms with Crippen molar-refractivity contribution < 1.29 is 4.74 Å². The predicted molar refractivity (Wildman–Crippen MR) is 77.4 cm³/mol. The van der Waals surface area contributed by atoms with Gasteiger partial charge in [0.1, 0.15) is 11.6 Å². The smallest absolute Gasteiger partial charge is 0.138 e. The number of ether oxygens (including phenoxy) is 1. The summed E-state index contributed by atoms with van der Waals surface area (Å²) in [6.07, 6.45) is 0.0966. The molecule has 2 rings (SSSR count). The standard InChI is InChI=1S/C14H18ClN3O/c1-8(2)19-12-5-4-10(6-11(12)15)14-9(3)17-13(7-16)18-14/h4-6,8H,7,16H2,1-3H3,(H,17,18). The highest BCUT2D eigenvalue weighted by atomic mass is 35.5. The van der Waals surface area contributed by atoms with Crippen LogP contribution in [-0.4, -0.2) is 16.1 Å². The summed E-state index contributed by atoms with van der Waals surface area (Å²) in [5, 5.41) is 0.586. The van der Waals surface area contributed by atoms with E-state index in [-0.39, 0.29) is 6.10 Å². The van der Waals surface area contributed by atoms with Crippen molar-refractivity contribution in [3.63, 3.8) is 0 Å². The number of imidazole rings is 1. The van der Waals surface area contributed by atoms with Gasteiger partial charge in [-0.3, -0.25) is 0 Å². The Hall–Kier alpha value is -1.52. The Labute approximate surface area is 117 Å². The third kappa shape index (κ3) is 3.08. The summed E-state index contributed by atoms with van der Waals surface area (Å²) in [6, 6.07) is 5.68.